The molecule has 0 saturated heterocycles. The van der Waals surface area contributed by atoms with Crippen molar-refractivity contribution in [3.8, 4) is 23.0 Å². The van der Waals surface area contributed by atoms with Crippen LogP contribution >= 0.6 is 0 Å². The fourth-order valence-corrected chi connectivity index (χ4v) is 3.77. The number of nitrogens with one attached hydrogen (secondary N) is 1. The van der Waals surface area contributed by atoms with Crippen LogP contribution in [0.3, 0.4) is 0 Å². The number of anilines is 1. The van der Waals surface area contributed by atoms with Crippen LogP contribution in [-0.4, -0.2) is 57.0 Å². The van der Waals surface area contributed by atoms with Crippen molar-refractivity contribution in [3.63, 3.8) is 0 Å². The van der Waals surface area contributed by atoms with E-state index in [0.29, 0.717) is 41.7 Å². The van der Waals surface area contributed by atoms with Gasteiger partial charge >= 0.3 is 12.0 Å². The predicted molar refractivity (Wildman–Crippen MR) is 114 cm³/mol. The number of aliphatic carboxylic acids is 1. The molecule has 0 spiro atoms. The molecule has 0 bridgehead atoms. The van der Waals surface area contributed by atoms with Gasteiger partial charge in [0.2, 0.25) is 0 Å². The van der Waals surface area contributed by atoms with Gasteiger partial charge < -0.3 is 34.3 Å². The summed E-state index contributed by atoms with van der Waals surface area (Å²) in [5, 5.41) is 12.3. The molecule has 0 unspecified atom stereocenters. The Hall–Kier alpha value is -3.62. The number of hydrogen-bond donors (Lipinski definition) is 2. The Morgan fingerprint density at radius 1 is 0.968 bits per heavy atom. The van der Waals surface area contributed by atoms with Crippen molar-refractivity contribution in [2.45, 2.75) is 18.9 Å². The Labute approximate surface area is 180 Å². The van der Waals surface area contributed by atoms with Crippen molar-refractivity contribution in [1.29, 1.82) is 0 Å². The van der Waals surface area contributed by atoms with E-state index in [1.807, 2.05) is 6.07 Å². The third-order valence-electron chi connectivity index (χ3n) is 5.27. The van der Waals surface area contributed by atoms with Crippen LogP contribution in [-0.2, 0) is 11.2 Å². The molecular weight excluding hydrogens is 404 g/mol. The summed E-state index contributed by atoms with van der Waals surface area (Å²) in [6, 6.07) is 7.56. The first-order chi connectivity index (χ1) is 14.9. The number of rotatable bonds is 7. The average molecular weight is 430 g/mol. The van der Waals surface area contributed by atoms with Gasteiger partial charge in [-0.05, 0) is 41.8 Å². The number of benzene rings is 2. The highest BCUT2D eigenvalue weighted by atomic mass is 16.5. The molecule has 1 heterocycles. The summed E-state index contributed by atoms with van der Waals surface area (Å²) in [5.41, 5.74) is 2.17. The van der Waals surface area contributed by atoms with Gasteiger partial charge in [-0.1, -0.05) is 0 Å². The lowest BCUT2D eigenvalue weighted by molar-refractivity contribution is -0.138. The van der Waals surface area contributed by atoms with Gasteiger partial charge in [0, 0.05) is 18.3 Å². The lowest BCUT2D eigenvalue weighted by atomic mass is 9.90. The zero-order valence-corrected chi connectivity index (χ0v) is 17.9. The summed E-state index contributed by atoms with van der Waals surface area (Å²) in [4.78, 5) is 26.2. The fraction of sp³-hybridized carbons (Fsp3) is 0.364. The maximum absolute atomic E-state index is 13.1. The second kappa shape index (κ2) is 9.46. The van der Waals surface area contributed by atoms with Crippen molar-refractivity contribution < 1.29 is 33.6 Å². The molecule has 2 aromatic rings. The smallest absolute Gasteiger partial charge is 0.322 e. The van der Waals surface area contributed by atoms with Gasteiger partial charge in [-0.15, -0.1) is 0 Å². The SMILES string of the molecule is COc1ccc(NC(=O)N2CCc3cc(OC)c(OC)cc3[C@H]2CC(=O)O)cc1OC. The van der Waals surface area contributed by atoms with Crippen molar-refractivity contribution >= 4 is 17.7 Å². The van der Waals surface area contributed by atoms with E-state index in [1.165, 1.54) is 26.2 Å². The van der Waals surface area contributed by atoms with E-state index >= 15 is 0 Å². The number of carbonyl (C=O) groups is 2. The number of nitrogens with zero attached hydrogens (tertiary/aromatic N) is 1. The molecule has 1 atom stereocenters. The van der Waals surface area contributed by atoms with Gasteiger partial charge in [0.05, 0.1) is 40.9 Å². The number of methoxy groups -OCH3 is 4. The number of carboxylic acids is 1. The molecule has 0 saturated carbocycles. The van der Waals surface area contributed by atoms with Gasteiger partial charge in [-0.2, -0.15) is 0 Å². The topological polar surface area (TPSA) is 107 Å². The van der Waals surface area contributed by atoms with Gasteiger partial charge in [-0.25, -0.2) is 4.79 Å². The van der Waals surface area contributed by atoms with E-state index < -0.39 is 18.0 Å². The third-order valence-corrected chi connectivity index (χ3v) is 5.27. The summed E-state index contributed by atoms with van der Waals surface area (Å²) in [6.07, 6.45) is 0.326. The van der Waals surface area contributed by atoms with E-state index in [1.54, 1.807) is 31.4 Å². The Morgan fingerprint density at radius 3 is 2.19 bits per heavy atom. The third kappa shape index (κ3) is 4.60. The molecule has 0 fully saturated rings. The van der Waals surface area contributed by atoms with Gasteiger partial charge in [-0.3, -0.25) is 4.79 Å². The maximum Gasteiger partial charge on any atom is 0.322 e. The molecule has 0 radical (unpaired) electrons. The highest BCUT2D eigenvalue weighted by Gasteiger charge is 2.34. The molecule has 9 nitrogen and oxygen atoms in total. The minimum atomic E-state index is -1.00. The second-order valence-corrected chi connectivity index (χ2v) is 6.96. The van der Waals surface area contributed by atoms with E-state index in [-0.39, 0.29) is 6.42 Å². The Morgan fingerprint density at radius 2 is 1.58 bits per heavy atom. The van der Waals surface area contributed by atoms with Crippen LogP contribution in [0.25, 0.3) is 0 Å². The van der Waals surface area contributed by atoms with Crippen LogP contribution in [0.2, 0.25) is 0 Å². The van der Waals surface area contributed by atoms with Crippen LogP contribution in [0.15, 0.2) is 30.3 Å². The van der Waals surface area contributed by atoms with Gasteiger partial charge in [0.1, 0.15) is 0 Å². The summed E-state index contributed by atoms with van der Waals surface area (Å²) < 4.78 is 21.2. The number of hydrogen-bond acceptors (Lipinski definition) is 6. The van der Waals surface area contributed by atoms with E-state index in [9.17, 15) is 14.7 Å². The fourth-order valence-electron chi connectivity index (χ4n) is 3.77. The number of fused-ring (bicyclic) bond motifs is 1. The molecule has 31 heavy (non-hydrogen) atoms. The summed E-state index contributed by atoms with van der Waals surface area (Å²) in [6.45, 7) is 0.361. The molecule has 2 N–H and O–H groups in total. The number of urea groups is 1. The number of carboxylic acid groups (broad SMARTS) is 1. The first-order valence-corrected chi connectivity index (χ1v) is 9.68. The molecule has 2 amide bonds. The van der Waals surface area contributed by atoms with E-state index in [2.05, 4.69) is 5.32 Å². The monoisotopic (exact) mass is 430 g/mol. The molecule has 0 aromatic heterocycles. The maximum atomic E-state index is 13.1. The normalized spacial score (nSPS) is 15.0. The minimum absolute atomic E-state index is 0.234. The standard InChI is InChI=1S/C22H26N2O7/c1-28-17-6-5-14(10-19(17)30-3)23-22(27)24-8-7-13-9-18(29-2)20(31-4)11-15(13)16(24)12-21(25)26/h5-6,9-11,16H,7-8,12H2,1-4H3,(H,23,27)(H,25,26)/t16-/m1/s1. The molecule has 1 aliphatic rings. The number of carbonyl (C=O) groups excluding carboxylic acids is 1. The molecule has 0 aliphatic carbocycles. The quantitative estimate of drug-likeness (QED) is 0.694. The summed E-state index contributed by atoms with van der Waals surface area (Å²) in [7, 11) is 6.10. The summed E-state index contributed by atoms with van der Waals surface area (Å²) in [5.74, 6) is 1.06. The van der Waals surface area contributed by atoms with Crippen LogP contribution < -0.4 is 24.3 Å². The van der Waals surface area contributed by atoms with Crippen molar-refractivity contribution in [3.05, 3.63) is 41.5 Å². The highest BCUT2D eigenvalue weighted by Crippen LogP contribution is 2.40. The molecule has 3 rings (SSSR count). The lowest BCUT2D eigenvalue weighted by Gasteiger charge is -2.37. The minimum Gasteiger partial charge on any atom is -0.493 e. The Kier molecular flexibility index (Phi) is 6.74. The second-order valence-electron chi connectivity index (χ2n) is 6.96. The van der Waals surface area contributed by atoms with Crippen LogP contribution in [0, 0.1) is 0 Å². The van der Waals surface area contributed by atoms with Crippen molar-refractivity contribution in [1.82, 2.24) is 4.90 Å². The summed E-state index contributed by atoms with van der Waals surface area (Å²) >= 11 is 0. The highest BCUT2D eigenvalue weighted by molar-refractivity contribution is 5.90. The molecular formula is C22H26N2O7. The number of amides is 2. The van der Waals surface area contributed by atoms with Crippen LogP contribution in [0.1, 0.15) is 23.6 Å². The molecule has 2 aromatic carbocycles. The molecule has 1 aliphatic heterocycles. The lowest BCUT2D eigenvalue weighted by Crippen LogP contribution is -2.43. The predicted octanol–water partition coefficient (Wildman–Crippen LogP) is 3.33. The van der Waals surface area contributed by atoms with Crippen molar-refractivity contribution in [2.24, 2.45) is 0 Å². The largest absolute Gasteiger partial charge is 0.493 e. The number of ether oxygens (including phenoxy) is 4. The first-order valence-electron chi connectivity index (χ1n) is 9.68. The first kappa shape index (κ1) is 22.1. The van der Waals surface area contributed by atoms with Gasteiger partial charge in [0.25, 0.3) is 0 Å². The van der Waals surface area contributed by atoms with Gasteiger partial charge in [0.15, 0.2) is 23.0 Å². The Bertz CT molecular complexity index is 977. The van der Waals surface area contributed by atoms with Crippen LogP contribution in [0.4, 0.5) is 10.5 Å². The molecule has 166 valence electrons. The van der Waals surface area contributed by atoms with E-state index in [4.69, 9.17) is 18.9 Å². The van der Waals surface area contributed by atoms with Crippen LogP contribution in [0.5, 0.6) is 23.0 Å². The van der Waals surface area contributed by atoms with Crippen molar-refractivity contribution in [2.75, 3.05) is 40.3 Å². The van der Waals surface area contributed by atoms with E-state index in [0.717, 1.165) is 11.1 Å². The zero-order chi connectivity index (χ0) is 22.5. The average Bonchev–Trinajstić information content (AvgIpc) is 2.77. The zero-order valence-electron chi connectivity index (χ0n) is 17.9. The molecule has 9 heteroatoms. The Balaban J connectivity index is 1.91.